The van der Waals surface area contributed by atoms with E-state index in [1.54, 1.807) is 24.4 Å². The minimum absolute atomic E-state index is 0.194. The fraction of sp³-hybridized carbons (Fsp3) is 0.0588. The highest BCUT2D eigenvalue weighted by atomic mass is 32.1. The highest BCUT2D eigenvalue weighted by Gasteiger charge is 2.03. The van der Waals surface area contributed by atoms with Gasteiger partial charge in [0, 0.05) is 22.3 Å². The first-order valence-corrected chi connectivity index (χ1v) is 7.71. The van der Waals surface area contributed by atoms with E-state index in [1.807, 2.05) is 53.3 Å². The van der Waals surface area contributed by atoms with Crippen molar-refractivity contribution >= 4 is 17.6 Å². The molecule has 0 saturated heterocycles. The molecule has 0 saturated carbocycles. The Morgan fingerprint density at radius 1 is 1.05 bits per heavy atom. The van der Waals surface area contributed by atoms with E-state index < -0.39 is 0 Å². The van der Waals surface area contributed by atoms with Crippen molar-refractivity contribution < 1.29 is 5.11 Å². The van der Waals surface area contributed by atoms with Crippen LogP contribution in [0.5, 0.6) is 5.75 Å². The molecule has 0 spiro atoms. The quantitative estimate of drug-likeness (QED) is 0.584. The third-order valence-corrected chi connectivity index (χ3v) is 4.10. The lowest BCUT2D eigenvalue weighted by Gasteiger charge is -2.04. The minimum atomic E-state index is 0.194. The molecule has 0 bridgehead atoms. The van der Waals surface area contributed by atoms with E-state index in [1.165, 1.54) is 11.3 Å². The van der Waals surface area contributed by atoms with Gasteiger partial charge in [0.1, 0.15) is 5.75 Å². The largest absolute Gasteiger partial charge is 0.507 e. The van der Waals surface area contributed by atoms with Gasteiger partial charge in [0.15, 0.2) is 0 Å². The van der Waals surface area contributed by atoms with Gasteiger partial charge in [-0.1, -0.05) is 30.3 Å². The summed E-state index contributed by atoms with van der Waals surface area (Å²) in [5.74, 6) is 0.194. The van der Waals surface area contributed by atoms with Gasteiger partial charge in [-0.05, 0) is 31.2 Å². The molecule has 110 valence electrons. The fourth-order valence-corrected chi connectivity index (χ4v) is 2.92. The lowest BCUT2D eigenvalue weighted by Crippen LogP contribution is -2.13. The molecule has 4 nitrogen and oxygen atoms in total. The van der Waals surface area contributed by atoms with Crippen LogP contribution in [0.1, 0.15) is 11.3 Å². The molecular formula is C17H15N3OS. The predicted octanol–water partition coefficient (Wildman–Crippen LogP) is 3.49. The van der Waals surface area contributed by atoms with Crippen LogP contribution in [0, 0.1) is 6.92 Å². The summed E-state index contributed by atoms with van der Waals surface area (Å²) in [7, 11) is 0. The molecule has 0 amide bonds. The van der Waals surface area contributed by atoms with Crippen molar-refractivity contribution in [3.63, 3.8) is 0 Å². The maximum absolute atomic E-state index is 9.71. The van der Waals surface area contributed by atoms with Crippen molar-refractivity contribution in [2.75, 3.05) is 0 Å². The molecule has 3 aromatic rings. The molecule has 22 heavy (non-hydrogen) atoms. The second kappa shape index (κ2) is 6.41. The van der Waals surface area contributed by atoms with Crippen LogP contribution in [0.25, 0.3) is 5.69 Å². The zero-order chi connectivity index (χ0) is 15.4. The first-order chi connectivity index (χ1) is 10.8. The van der Waals surface area contributed by atoms with Crippen LogP contribution in [-0.2, 0) is 0 Å². The fourth-order valence-electron chi connectivity index (χ4n) is 2.09. The summed E-state index contributed by atoms with van der Waals surface area (Å²) in [5.41, 5.74) is 2.80. The molecule has 0 radical (unpaired) electrons. The molecule has 1 N–H and O–H groups in total. The Balaban J connectivity index is 1.98. The number of thiazole rings is 1. The first kappa shape index (κ1) is 14.3. The van der Waals surface area contributed by atoms with Crippen molar-refractivity contribution in [2.45, 2.75) is 6.92 Å². The Kier molecular flexibility index (Phi) is 4.16. The monoisotopic (exact) mass is 309 g/mol. The van der Waals surface area contributed by atoms with Crippen LogP contribution in [0.2, 0.25) is 0 Å². The summed E-state index contributed by atoms with van der Waals surface area (Å²) in [5, 5.41) is 20.1. The molecule has 5 heteroatoms. The SMILES string of the molecule is Cc1cs/c(=N/N=C/c2ccccc2O)n1-c1ccccc1. The molecule has 0 atom stereocenters. The number of hydrogen-bond donors (Lipinski definition) is 1. The van der Waals surface area contributed by atoms with Gasteiger partial charge in [-0.15, -0.1) is 16.4 Å². The Bertz CT molecular complexity index is 863. The van der Waals surface area contributed by atoms with E-state index in [2.05, 4.69) is 10.2 Å². The maximum Gasteiger partial charge on any atom is 0.215 e. The number of nitrogens with zero attached hydrogens (tertiary/aromatic N) is 3. The van der Waals surface area contributed by atoms with Gasteiger partial charge in [0.2, 0.25) is 4.80 Å². The van der Waals surface area contributed by atoms with Crippen LogP contribution >= 0.6 is 11.3 Å². The maximum atomic E-state index is 9.71. The van der Waals surface area contributed by atoms with Crippen LogP contribution in [0.3, 0.4) is 0 Å². The van der Waals surface area contributed by atoms with Crippen LogP contribution < -0.4 is 4.80 Å². The van der Waals surface area contributed by atoms with Gasteiger partial charge in [-0.25, -0.2) is 0 Å². The van der Waals surface area contributed by atoms with Crippen molar-refractivity contribution in [3.8, 4) is 11.4 Å². The number of benzene rings is 2. The Morgan fingerprint density at radius 2 is 1.77 bits per heavy atom. The van der Waals surface area contributed by atoms with Gasteiger partial charge >= 0.3 is 0 Å². The van der Waals surface area contributed by atoms with E-state index in [4.69, 9.17) is 0 Å². The third-order valence-electron chi connectivity index (χ3n) is 3.17. The lowest BCUT2D eigenvalue weighted by molar-refractivity contribution is 0.474. The number of aromatic hydroxyl groups is 1. The van der Waals surface area contributed by atoms with Gasteiger partial charge < -0.3 is 5.11 Å². The highest BCUT2D eigenvalue weighted by Crippen LogP contribution is 2.13. The summed E-state index contributed by atoms with van der Waals surface area (Å²) < 4.78 is 2.05. The highest BCUT2D eigenvalue weighted by molar-refractivity contribution is 7.07. The predicted molar refractivity (Wildman–Crippen MR) is 89.6 cm³/mol. The number of phenols is 1. The van der Waals surface area contributed by atoms with E-state index in [9.17, 15) is 5.11 Å². The average molecular weight is 309 g/mol. The average Bonchev–Trinajstić information content (AvgIpc) is 2.91. The standard InChI is InChI=1S/C17H15N3OS/c1-13-12-22-17(20(13)15-8-3-2-4-9-15)19-18-11-14-7-5-6-10-16(14)21/h2-12,21H,1H3/b18-11+,19-17+. The van der Waals surface area contributed by atoms with Gasteiger partial charge in [0.25, 0.3) is 0 Å². The molecule has 3 rings (SSSR count). The van der Waals surface area contributed by atoms with E-state index >= 15 is 0 Å². The van der Waals surface area contributed by atoms with Crippen LogP contribution in [0.15, 0.2) is 70.2 Å². The first-order valence-electron chi connectivity index (χ1n) is 6.83. The van der Waals surface area contributed by atoms with Crippen molar-refractivity contribution in [2.24, 2.45) is 10.2 Å². The van der Waals surface area contributed by atoms with Gasteiger partial charge in [0.05, 0.1) is 6.21 Å². The smallest absolute Gasteiger partial charge is 0.215 e. The summed E-state index contributed by atoms with van der Waals surface area (Å²) in [6.45, 7) is 2.04. The normalized spacial score (nSPS) is 12.1. The topological polar surface area (TPSA) is 49.9 Å². The third kappa shape index (κ3) is 2.99. The number of aryl methyl sites for hydroxylation is 1. The van der Waals surface area contributed by atoms with Crippen LogP contribution in [-0.4, -0.2) is 15.9 Å². The second-order valence-corrected chi connectivity index (χ2v) is 5.57. The van der Waals surface area contributed by atoms with Crippen LogP contribution in [0.4, 0.5) is 0 Å². The zero-order valence-corrected chi connectivity index (χ0v) is 12.9. The zero-order valence-electron chi connectivity index (χ0n) is 12.0. The number of aromatic nitrogens is 1. The van der Waals surface area contributed by atoms with Gasteiger partial charge in [-0.2, -0.15) is 5.10 Å². The van der Waals surface area contributed by atoms with E-state index in [-0.39, 0.29) is 5.75 Å². The van der Waals surface area contributed by atoms with Crippen molar-refractivity contribution in [1.82, 2.24) is 4.57 Å². The van der Waals surface area contributed by atoms with Crippen molar-refractivity contribution in [3.05, 3.63) is 76.0 Å². The molecule has 0 fully saturated rings. The molecule has 0 unspecified atom stereocenters. The number of hydrogen-bond acceptors (Lipinski definition) is 4. The summed E-state index contributed by atoms with van der Waals surface area (Å²) in [6.07, 6.45) is 1.56. The molecular weight excluding hydrogens is 294 g/mol. The number of rotatable bonds is 3. The summed E-state index contributed by atoms with van der Waals surface area (Å²) >= 11 is 1.53. The molecule has 0 aliphatic rings. The Labute approximate surface area is 132 Å². The van der Waals surface area contributed by atoms with Gasteiger partial charge in [-0.3, -0.25) is 4.57 Å². The second-order valence-electron chi connectivity index (χ2n) is 4.73. The summed E-state index contributed by atoms with van der Waals surface area (Å²) in [6, 6.07) is 17.1. The molecule has 0 aliphatic heterocycles. The lowest BCUT2D eigenvalue weighted by atomic mass is 10.2. The Hall–Kier alpha value is -2.66. The van der Waals surface area contributed by atoms with E-state index in [0.29, 0.717) is 5.56 Å². The molecule has 0 aliphatic carbocycles. The molecule has 1 aromatic heterocycles. The Morgan fingerprint density at radius 3 is 2.55 bits per heavy atom. The van der Waals surface area contributed by atoms with E-state index in [0.717, 1.165) is 16.2 Å². The summed E-state index contributed by atoms with van der Waals surface area (Å²) in [4.78, 5) is 0.787. The number of para-hydroxylation sites is 2. The molecule has 2 aromatic carbocycles. The van der Waals surface area contributed by atoms with Crippen molar-refractivity contribution in [1.29, 1.82) is 0 Å². The number of phenolic OH excluding ortho intramolecular Hbond substituents is 1. The molecule has 1 heterocycles. The minimum Gasteiger partial charge on any atom is -0.507 e.